The summed E-state index contributed by atoms with van der Waals surface area (Å²) in [6.07, 6.45) is 0. The molecule has 25 heavy (non-hydrogen) atoms. The predicted octanol–water partition coefficient (Wildman–Crippen LogP) is 5.45. The van der Waals surface area contributed by atoms with Crippen LogP contribution in [0.4, 0.5) is 0 Å². The van der Waals surface area contributed by atoms with Gasteiger partial charge in [-0.3, -0.25) is 4.79 Å². The predicted molar refractivity (Wildman–Crippen MR) is 103 cm³/mol. The van der Waals surface area contributed by atoms with Gasteiger partial charge in [-0.2, -0.15) is 0 Å². The van der Waals surface area contributed by atoms with Crippen molar-refractivity contribution in [2.24, 2.45) is 0 Å². The first-order valence-electron chi connectivity index (χ1n) is 8.39. The molecule has 0 bridgehead atoms. The van der Waals surface area contributed by atoms with Crippen molar-refractivity contribution in [3.63, 3.8) is 0 Å². The fourth-order valence-corrected chi connectivity index (χ4v) is 2.82. The topological polar surface area (TPSA) is 37.3 Å². The lowest BCUT2D eigenvalue weighted by molar-refractivity contribution is 0.0786. The van der Waals surface area contributed by atoms with E-state index in [4.69, 9.17) is 0 Å². The Balaban J connectivity index is 1.83. The molecule has 0 radical (unpaired) electrons. The molecule has 3 aromatic carbocycles. The molecule has 1 N–H and O–H groups in total. The number of carbonyl (C=O) groups is 1. The van der Waals surface area contributed by atoms with Crippen molar-refractivity contribution in [3.05, 3.63) is 83.9 Å². The van der Waals surface area contributed by atoms with Gasteiger partial charge in [0, 0.05) is 5.56 Å². The minimum atomic E-state index is -0.825. The summed E-state index contributed by atoms with van der Waals surface area (Å²) in [5.74, 6) is 0.0800. The summed E-state index contributed by atoms with van der Waals surface area (Å²) in [6.45, 7) is 5.15. The van der Waals surface area contributed by atoms with Crippen LogP contribution in [0.5, 0.6) is 0 Å². The first-order chi connectivity index (χ1) is 11.8. The summed E-state index contributed by atoms with van der Waals surface area (Å²) in [4.78, 5) is 11.4. The van der Waals surface area contributed by atoms with Crippen LogP contribution in [0.3, 0.4) is 0 Å². The minimum absolute atomic E-state index is 0.0800. The molecule has 126 valence electrons. The van der Waals surface area contributed by atoms with E-state index in [9.17, 15) is 9.90 Å². The summed E-state index contributed by atoms with van der Waals surface area (Å²) in [5, 5.41) is 10.0. The van der Waals surface area contributed by atoms with Gasteiger partial charge in [0.1, 0.15) is 0 Å². The molecule has 0 heterocycles. The zero-order chi connectivity index (χ0) is 18.0. The fraction of sp³-hybridized carbons (Fsp3) is 0.174. The zero-order valence-electron chi connectivity index (χ0n) is 14.8. The van der Waals surface area contributed by atoms with E-state index < -0.39 is 5.60 Å². The molecule has 2 heteroatoms. The first kappa shape index (κ1) is 17.1. The Bertz CT molecular complexity index is 865. The lowest BCUT2D eigenvalue weighted by atomic mass is 9.95. The van der Waals surface area contributed by atoms with E-state index in [1.807, 2.05) is 48.5 Å². The monoisotopic (exact) mass is 330 g/mol. The molecular weight excluding hydrogens is 308 g/mol. The average molecular weight is 330 g/mol. The van der Waals surface area contributed by atoms with Crippen molar-refractivity contribution < 1.29 is 9.90 Å². The highest BCUT2D eigenvalue weighted by atomic mass is 16.3. The quantitative estimate of drug-likeness (QED) is 0.646. The average Bonchev–Trinajstić information content (AvgIpc) is 2.61. The van der Waals surface area contributed by atoms with Crippen LogP contribution in [0.2, 0.25) is 0 Å². The van der Waals surface area contributed by atoms with Crippen LogP contribution in [-0.4, -0.2) is 10.9 Å². The Kier molecular flexibility index (Phi) is 4.56. The van der Waals surface area contributed by atoms with Crippen LogP contribution >= 0.6 is 0 Å². The van der Waals surface area contributed by atoms with E-state index in [0.29, 0.717) is 0 Å². The summed E-state index contributed by atoms with van der Waals surface area (Å²) < 4.78 is 0. The van der Waals surface area contributed by atoms with Crippen molar-refractivity contribution in [3.8, 4) is 22.3 Å². The number of hydrogen-bond donors (Lipinski definition) is 1. The highest BCUT2D eigenvalue weighted by Gasteiger charge is 2.15. The standard InChI is InChI=1S/C23H22O2/c1-16(24)17-4-6-18(7-5-17)19-8-10-20(11-9-19)21-12-14-22(15-13-21)23(2,3)25/h4-15,25H,1-3H3. The molecule has 0 aliphatic rings. The minimum Gasteiger partial charge on any atom is -0.386 e. The molecule has 0 amide bonds. The molecule has 3 rings (SSSR count). The summed E-state index contributed by atoms with van der Waals surface area (Å²) in [7, 11) is 0. The highest BCUT2D eigenvalue weighted by molar-refractivity contribution is 5.94. The van der Waals surface area contributed by atoms with Crippen molar-refractivity contribution in [1.29, 1.82) is 0 Å². The van der Waals surface area contributed by atoms with Crippen molar-refractivity contribution in [2.75, 3.05) is 0 Å². The van der Waals surface area contributed by atoms with Crippen LogP contribution in [0, 0.1) is 0 Å². The molecule has 0 spiro atoms. The van der Waals surface area contributed by atoms with Gasteiger partial charge in [0.15, 0.2) is 5.78 Å². The van der Waals surface area contributed by atoms with Crippen molar-refractivity contribution in [2.45, 2.75) is 26.4 Å². The number of hydrogen-bond acceptors (Lipinski definition) is 2. The van der Waals surface area contributed by atoms with Gasteiger partial charge in [-0.15, -0.1) is 0 Å². The van der Waals surface area contributed by atoms with Gasteiger partial charge in [0.25, 0.3) is 0 Å². The molecule has 0 fully saturated rings. The maximum atomic E-state index is 11.4. The van der Waals surface area contributed by atoms with Gasteiger partial charge in [-0.05, 0) is 48.6 Å². The van der Waals surface area contributed by atoms with Crippen LogP contribution in [0.25, 0.3) is 22.3 Å². The van der Waals surface area contributed by atoms with Gasteiger partial charge in [-0.1, -0.05) is 72.8 Å². The molecule has 0 atom stereocenters. The van der Waals surface area contributed by atoms with E-state index in [0.717, 1.165) is 33.4 Å². The molecule has 0 saturated carbocycles. The Morgan fingerprint density at radius 2 is 1.00 bits per heavy atom. The molecule has 0 aliphatic carbocycles. The number of ketones is 1. The highest BCUT2D eigenvalue weighted by Crippen LogP contribution is 2.27. The van der Waals surface area contributed by atoms with Gasteiger partial charge >= 0.3 is 0 Å². The third-order valence-corrected chi connectivity index (χ3v) is 4.43. The van der Waals surface area contributed by atoms with Gasteiger partial charge in [-0.25, -0.2) is 0 Å². The first-order valence-corrected chi connectivity index (χ1v) is 8.39. The van der Waals surface area contributed by atoms with E-state index >= 15 is 0 Å². The molecule has 0 unspecified atom stereocenters. The number of rotatable bonds is 4. The normalized spacial score (nSPS) is 11.4. The maximum absolute atomic E-state index is 11.4. The Labute approximate surface area is 148 Å². The molecule has 0 aromatic heterocycles. The fourth-order valence-electron chi connectivity index (χ4n) is 2.82. The Morgan fingerprint density at radius 1 is 0.680 bits per heavy atom. The lowest BCUT2D eigenvalue weighted by Gasteiger charge is -2.18. The molecular formula is C23H22O2. The van der Waals surface area contributed by atoms with E-state index in [2.05, 4.69) is 24.3 Å². The van der Waals surface area contributed by atoms with Gasteiger partial charge in [0.05, 0.1) is 5.60 Å². The third kappa shape index (κ3) is 3.86. The van der Waals surface area contributed by atoms with E-state index in [1.54, 1.807) is 20.8 Å². The molecule has 0 aliphatic heterocycles. The third-order valence-electron chi connectivity index (χ3n) is 4.43. The number of benzene rings is 3. The van der Waals surface area contributed by atoms with Crippen LogP contribution in [-0.2, 0) is 5.60 Å². The Hall–Kier alpha value is -2.71. The van der Waals surface area contributed by atoms with Crippen LogP contribution in [0.15, 0.2) is 72.8 Å². The number of Topliss-reactive ketones (excluding diaryl/α,β-unsaturated/α-hetero) is 1. The maximum Gasteiger partial charge on any atom is 0.159 e. The molecule has 3 aromatic rings. The molecule has 0 saturated heterocycles. The largest absolute Gasteiger partial charge is 0.386 e. The molecule has 2 nitrogen and oxygen atoms in total. The van der Waals surface area contributed by atoms with Crippen LogP contribution < -0.4 is 0 Å². The Morgan fingerprint density at radius 3 is 1.32 bits per heavy atom. The number of aliphatic hydroxyl groups is 1. The van der Waals surface area contributed by atoms with Gasteiger partial charge in [0.2, 0.25) is 0 Å². The van der Waals surface area contributed by atoms with Gasteiger partial charge < -0.3 is 5.11 Å². The second kappa shape index (κ2) is 6.66. The zero-order valence-corrected chi connectivity index (χ0v) is 14.8. The van der Waals surface area contributed by atoms with E-state index in [1.165, 1.54) is 0 Å². The number of carbonyl (C=O) groups excluding carboxylic acids is 1. The van der Waals surface area contributed by atoms with Crippen molar-refractivity contribution >= 4 is 5.78 Å². The van der Waals surface area contributed by atoms with E-state index in [-0.39, 0.29) is 5.78 Å². The summed E-state index contributed by atoms with van der Waals surface area (Å²) >= 11 is 0. The summed E-state index contributed by atoms with van der Waals surface area (Å²) in [5.41, 5.74) is 5.26. The van der Waals surface area contributed by atoms with Crippen LogP contribution in [0.1, 0.15) is 36.7 Å². The van der Waals surface area contributed by atoms with Crippen molar-refractivity contribution in [1.82, 2.24) is 0 Å². The SMILES string of the molecule is CC(=O)c1ccc(-c2ccc(-c3ccc(C(C)(C)O)cc3)cc2)cc1. The summed E-state index contributed by atoms with van der Waals surface area (Å²) in [6, 6.07) is 24.0. The second-order valence-electron chi connectivity index (χ2n) is 6.85. The smallest absolute Gasteiger partial charge is 0.159 e. The second-order valence-corrected chi connectivity index (χ2v) is 6.85. The lowest BCUT2D eigenvalue weighted by Crippen LogP contribution is -2.14.